The molecule has 1 unspecified atom stereocenters. The van der Waals surface area contributed by atoms with E-state index in [1.54, 1.807) is 23.1 Å². The SMILES string of the molecule is CCn1ncc(CN2CCOC(c3ccccc3F)C2)n1. The number of nitrogens with zero attached hydrogens (tertiary/aromatic N) is 4. The number of morpholine rings is 1. The molecule has 112 valence electrons. The van der Waals surface area contributed by atoms with Crippen LogP contribution in [0.3, 0.4) is 0 Å². The molecule has 1 atom stereocenters. The van der Waals surface area contributed by atoms with Gasteiger partial charge in [0.15, 0.2) is 0 Å². The highest BCUT2D eigenvalue weighted by atomic mass is 19.1. The van der Waals surface area contributed by atoms with Crippen molar-refractivity contribution in [3.63, 3.8) is 0 Å². The van der Waals surface area contributed by atoms with Gasteiger partial charge in [-0.2, -0.15) is 15.0 Å². The molecule has 2 heterocycles. The lowest BCUT2D eigenvalue weighted by Gasteiger charge is -2.32. The summed E-state index contributed by atoms with van der Waals surface area (Å²) in [6.45, 7) is 5.58. The minimum atomic E-state index is -0.221. The van der Waals surface area contributed by atoms with Crippen molar-refractivity contribution in [2.45, 2.75) is 26.1 Å². The van der Waals surface area contributed by atoms with Crippen LogP contribution in [0, 0.1) is 5.82 Å². The van der Waals surface area contributed by atoms with E-state index in [-0.39, 0.29) is 11.9 Å². The summed E-state index contributed by atoms with van der Waals surface area (Å²) in [5, 5.41) is 8.57. The first-order valence-corrected chi connectivity index (χ1v) is 7.23. The van der Waals surface area contributed by atoms with Crippen LogP contribution in [0.15, 0.2) is 30.5 Å². The molecule has 0 radical (unpaired) electrons. The summed E-state index contributed by atoms with van der Waals surface area (Å²) in [6, 6.07) is 6.80. The fourth-order valence-electron chi connectivity index (χ4n) is 2.56. The van der Waals surface area contributed by atoms with Gasteiger partial charge in [-0.3, -0.25) is 4.90 Å². The Morgan fingerprint density at radius 1 is 1.38 bits per heavy atom. The first-order valence-electron chi connectivity index (χ1n) is 7.23. The van der Waals surface area contributed by atoms with Gasteiger partial charge in [0.2, 0.25) is 0 Å². The molecule has 0 spiro atoms. The third kappa shape index (κ3) is 3.28. The highest BCUT2D eigenvalue weighted by Gasteiger charge is 2.24. The average Bonchev–Trinajstić information content (AvgIpc) is 2.96. The molecule has 0 bridgehead atoms. The van der Waals surface area contributed by atoms with Crippen molar-refractivity contribution in [2.75, 3.05) is 19.7 Å². The molecule has 1 fully saturated rings. The first kappa shape index (κ1) is 14.2. The fraction of sp³-hybridized carbons (Fsp3) is 0.467. The van der Waals surface area contributed by atoms with Gasteiger partial charge in [0.25, 0.3) is 0 Å². The fourth-order valence-corrected chi connectivity index (χ4v) is 2.56. The predicted octanol–water partition coefficient (Wildman–Crippen LogP) is 2.01. The highest BCUT2D eigenvalue weighted by molar-refractivity contribution is 5.20. The molecule has 0 aliphatic carbocycles. The Morgan fingerprint density at radius 2 is 2.24 bits per heavy atom. The molecule has 0 saturated carbocycles. The van der Waals surface area contributed by atoms with Crippen molar-refractivity contribution >= 4 is 0 Å². The van der Waals surface area contributed by atoms with E-state index in [9.17, 15) is 4.39 Å². The number of hydrogen-bond donors (Lipinski definition) is 0. The van der Waals surface area contributed by atoms with Gasteiger partial charge in [-0.25, -0.2) is 4.39 Å². The Morgan fingerprint density at radius 3 is 3.00 bits per heavy atom. The molecule has 1 aromatic heterocycles. The van der Waals surface area contributed by atoms with Crippen LogP contribution in [0.25, 0.3) is 0 Å². The molecule has 1 aliphatic rings. The van der Waals surface area contributed by atoms with Crippen LogP contribution in [0.1, 0.15) is 24.3 Å². The third-order valence-corrected chi connectivity index (χ3v) is 3.66. The molecule has 1 saturated heterocycles. The maximum atomic E-state index is 13.9. The summed E-state index contributed by atoms with van der Waals surface area (Å²) < 4.78 is 19.6. The van der Waals surface area contributed by atoms with E-state index in [4.69, 9.17) is 4.74 Å². The normalized spacial score (nSPS) is 19.8. The second-order valence-corrected chi connectivity index (χ2v) is 5.14. The largest absolute Gasteiger partial charge is 0.371 e. The topological polar surface area (TPSA) is 43.2 Å². The van der Waals surface area contributed by atoms with Crippen molar-refractivity contribution in [2.24, 2.45) is 0 Å². The van der Waals surface area contributed by atoms with E-state index in [1.807, 2.05) is 13.0 Å². The summed E-state index contributed by atoms with van der Waals surface area (Å²) in [4.78, 5) is 3.90. The molecular weight excluding hydrogens is 271 g/mol. The van der Waals surface area contributed by atoms with Crippen LogP contribution in [0.2, 0.25) is 0 Å². The number of aromatic nitrogens is 3. The Bertz CT molecular complexity index is 601. The van der Waals surface area contributed by atoms with Crippen LogP contribution in [-0.2, 0) is 17.8 Å². The molecule has 3 rings (SSSR count). The lowest BCUT2D eigenvalue weighted by molar-refractivity contribution is -0.0348. The van der Waals surface area contributed by atoms with Gasteiger partial charge in [0.1, 0.15) is 5.82 Å². The maximum Gasteiger partial charge on any atom is 0.129 e. The summed E-state index contributed by atoms with van der Waals surface area (Å²) in [5.41, 5.74) is 1.56. The monoisotopic (exact) mass is 290 g/mol. The number of rotatable bonds is 4. The van der Waals surface area contributed by atoms with E-state index < -0.39 is 0 Å². The molecule has 6 heteroatoms. The number of ether oxygens (including phenoxy) is 1. The van der Waals surface area contributed by atoms with Gasteiger partial charge in [0, 0.05) is 25.2 Å². The summed E-state index contributed by atoms with van der Waals surface area (Å²) in [7, 11) is 0. The van der Waals surface area contributed by atoms with E-state index in [0.29, 0.717) is 25.3 Å². The van der Waals surface area contributed by atoms with E-state index >= 15 is 0 Å². The smallest absolute Gasteiger partial charge is 0.129 e. The number of benzene rings is 1. The van der Waals surface area contributed by atoms with Crippen LogP contribution >= 0.6 is 0 Å². The number of aryl methyl sites for hydroxylation is 1. The van der Waals surface area contributed by atoms with Crippen molar-refractivity contribution in [3.05, 3.63) is 47.5 Å². The average molecular weight is 290 g/mol. The summed E-state index contributed by atoms with van der Waals surface area (Å²) in [5.74, 6) is -0.207. The van der Waals surface area contributed by atoms with Crippen LogP contribution in [0.4, 0.5) is 4.39 Å². The molecular formula is C15H19FN4O. The highest BCUT2D eigenvalue weighted by Crippen LogP contribution is 2.25. The number of halogens is 1. The molecule has 0 N–H and O–H groups in total. The Kier molecular flexibility index (Phi) is 4.26. The zero-order valence-corrected chi connectivity index (χ0v) is 12.1. The van der Waals surface area contributed by atoms with Crippen molar-refractivity contribution in [3.8, 4) is 0 Å². The molecule has 1 aromatic carbocycles. The molecule has 1 aliphatic heterocycles. The van der Waals surface area contributed by atoms with Gasteiger partial charge in [0.05, 0.1) is 31.1 Å². The molecule has 2 aromatic rings. The second kappa shape index (κ2) is 6.32. The maximum absolute atomic E-state index is 13.9. The second-order valence-electron chi connectivity index (χ2n) is 5.14. The lowest BCUT2D eigenvalue weighted by Crippen LogP contribution is -2.38. The van der Waals surface area contributed by atoms with E-state index in [0.717, 1.165) is 18.8 Å². The van der Waals surface area contributed by atoms with Crippen molar-refractivity contribution < 1.29 is 9.13 Å². The summed E-state index contributed by atoms with van der Waals surface area (Å²) in [6.07, 6.45) is 1.57. The van der Waals surface area contributed by atoms with Gasteiger partial charge >= 0.3 is 0 Å². The molecule has 21 heavy (non-hydrogen) atoms. The zero-order valence-electron chi connectivity index (χ0n) is 12.1. The van der Waals surface area contributed by atoms with Crippen molar-refractivity contribution in [1.29, 1.82) is 0 Å². The van der Waals surface area contributed by atoms with E-state index in [1.165, 1.54) is 6.07 Å². The molecule has 0 amide bonds. The predicted molar refractivity (Wildman–Crippen MR) is 76.1 cm³/mol. The minimum Gasteiger partial charge on any atom is -0.371 e. The van der Waals surface area contributed by atoms with Crippen LogP contribution in [0.5, 0.6) is 0 Å². The van der Waals surface area contributed by atoms with E-state index in [2.05, 4.69) is 15.1 Å². The Labute approximate surface area is 123 Å². The van der Waals surface area contributed by atoms with Crippen LogP contribution < -0.4 is 0 Å². The lowest BCUT2D eigenvalue weighted by atomic mass is 10.1. The first-order chi connectivity index (χ1) is 10.3. The third-order valence-electron chi connectivity index (χ3n) is 3.66. The standard InChI is InChI=1S/C15H19FN4O/c1-2-20-17-9-12(18-20)10-19-7-8-21-15(11-19)13-5-3-4-6-14(13)16/h3-6,9,15H,2,7-8,10-11H2,1H3. The van der Waals surface area contributed by atoms with Crippen LogP contribution in [-0.4, -0.2) is 39.6 Å². The summed E-state index contributed by atoms with van der Waals surface area (Å²) >= 11 is 0. The quantitative estimate of drug-likeness (QED) is 0.864. The molecule has 5 nitrogen and oxygen atoms in total. The van der Waals surface area contributed by atoms with Gasteiger partial charge in [-0.1, -0.05) is 18.2 Å². The zero-order chi connectivity index (χ0) is 14.7. The number of hydrogen-bond acceptors (Lipinski definition) is 4. The minimum absolute atomic E-state index is 0.207. The van der Waals surface area contributed by atoms with Crippen molar-refractivity contribution in [1.82, 2.24) is 19.9 Å². The van der Waals surface area contributed by atoms with Gasteiger partial charge in [-0.05, 0) is 13.0 Å². The Balaban J connectivity index is 1.67. The van der Waals surface area contributed by atoms with Gasteiger partial charge in [-0.15, -0.1) is 0 Å². The van der Waals surface area contributed by atoms with Gasteiger partial charge < -0.3 is 4.74 Å². The Hall–Kier alpha value is -1.79.